The van der Waals surface area contributed by atoms with Gasteiger partial charge >= 0.3 is 6.03 Å². The predicted molar refractivity (Wildman–Crippen MR) is 156 cm³/mol. The van der Waals surface area contributed by atoms with Crippen LogP contribution in [0.5, 0.6) is 0 Å². The topological polar surface area (TPSA) is 90.5 Å². The Labute approximate surface area is 234 Å². The lowest BCUT2D eigenvalue weighted by Gasteiger charge is -2.28. The Kier molecular flexibility index (Phi) is 8.60. The van der Waals surface area contributed by atoms with Gasteiger partial charge in [-0.25, -0.2) is 4.79 Å². The van der Waals surface area contributed by atoms with Crippen LogP contribution in [0.2, 0.25) is 5.02 Å². The Morgan fingerprint density at radius 1 is 1.00 bits per heavy atom. The summed E-state index contributed by atoms with van der Waals surface area (Å²) < 4.78 is 0. The van der Waals surface area contributed by atoms with Crippen LogP contribution in [0, 0.1) is 0 Å². The summed E-state index contributed by atoms with van der Waals surface area (Å²) in [5.74, 6) is -0.845. The van der Waals surface area contributed by atoms with E-state index in [4.69, 9.17) is 11.6 Å². The molecule has 0 saturated heterocycles. The second-order valence-electron chi connectivity index (χ2n) is 10.8. The van der Waals surface area contributed by atoms with Crippen molar-refractivity contribution in [2.45, 2.75) is 58.0 Å². The van der Waals surface area contributed by atoms with E-state index >= 15 is 0 Å². The van der Waals surface area contributed by atoms with E-state index < -0.39 is 17.6 Å². The predicted octanol–water partition coefficient (Wildman–Crippen LogP) is 5.88. The quantitative estimate of drug-likeness (QED) is 0.361. The largest absolute Gasteiger partial charge is 0.350 e. The molecule has 0 bridgehead atoms. The van der Waals surface area contributed by atoms with Crippen molar-refractivity contribution >= 4 is 40.8 Å². The number of amides is 4. The van der Waals surface area contributed by atoms with Crippen molar-refractivity contribution < 1.29 is 14.4 Å². The van der Waals surface area contributed by atoms with Crippen LogP contribution in [0.4, 0.5) is 16.2 Å². The number of rotatable bonds is 6. The summed E-state index contributed by atoms with van der Waals surface area (Å²) in [7, 11) is 0. The third-order valence-electron chi connectivity index (χ3n) is 6.63. The first-order valence-corrected chi connectivity index (χ1v) is 13.5. The maximum absolute atomic E-state index is 14.0. The average Bonchev–Trinajstić information content (AvgIpc) is 2.99. The summed E-state index contributed by atoms with van der Waals surface area (Å²) in [6.45, 7) is 7.55. The summed E-state index contributed by atoms with van der Waals surface area (Å²) in [6.07, 6.45) is 1.15. The van der Waals surface area contributed by atoms with E-state index in [1.807, 2.05) is 100 Å². The van der Waals surface area contributed by atoms with Crippen LogP contribution in [0.3, 0.4) is 0 Å². The molecule has 0 aromatic heterocycles. The highest BCUT2D eigenvalue weighted by Crippen LogP contribution is 2.39. The number of benzene rings is 3. The molecule has 0 aliphatic carbocycles. The maximum atomic E-state index is 14.0. The first-order valence-electron chi connectivity index (χ1n) is 13.2. The molecule has 2 atom stereocenters. The van der Waals surface area contributed by atoms with Crippen molar-refractivity contribution in [1.82, 2.24) is 10.6 Å². The summed E-state index contributed by atoms with van der Waals surface area (Å²) in [5, 5.41) is 9.30. The maximum Gasteiger partial charge on any atom is 0.319 e. The molecule has 39 heavy (non-hydrogen) atoms. The summed E-state index contributed by atoms with van der Waals surface area (Å²) in [4.78, 5) is 41.6. The highest BCUT2D eigenvalue weighted by Gasteiger charge is 2.37. The van der Waals surface area contributed by atoms with Gasteiger partial charge in [-0.3, -0.25) is 9.59 Å². The van der Waals surface area contributed by atoms with Gasteiger partial charge in [-0.05, 0) is 80.6 Å². The van der Waals surface area contributed by atoms with Gasteiger partial charge in [-0.1, -0.05) is 61.0 Å². The van der Waals surface area contributed by atoms with E-state index in [2.05, 4.69) is 16.0 Å². The zero-order valence-corrected chi connectivity index (χ0v) is 23.5. The Hall–Kier alpha value is -3.84. The number of hydrogen-bond acceptors (Lipinski definition) is 3. The monoisotopic (exact) mass is 546 g/mol. The van der Waals surface area contributed by atoms with Crippen molar-refractivity contribution in [2.24, 2.45) is 0 Å². The molecule has 1 aliphatic rings. The SMILES string of the molecule is CCc1cccc(NC(=O)NC2CC(c3ccc(Cl)cc3)c3ccccc3N(CC(=O)NC(C)(C)C)C2=O)c1. The molecule has 1 heterocycles. The second kappa shape index (κ2) is 11.9. The third-order valence-corrected chi connectivity index (χ3v) is 6.88. The van der Waals surface area contributed by atoms with Crippen molar-refractivity contribution in [3.8, 4) is 0 Å². The smallest absolute Gasteiger partial charge is 0.319 e. The molecular formula is C31H35ClN4O3. The molecule has 3 aromatic carbocycles. The average molecular weight is 547 g/mol. The van der Waals surface area contributed by atoms with Crippen molar-refractivity contribution in [2.75, 3.05) is 16.8 Å². The highest BCUT2D eigenvalue weighted by molar-refractivity contribution is 6.30. The van der Waals surface area contributed by atoms with E-state index in [0.29, 0.717) is 22.8 Å². The molecule has 7 nitrogen and oxygen atoms in total. The van der Waals surface area contributed by atoms with Crippen molar-refractivity contribution in [3.05, 3.63) is 94.5 Å². The fourth-order valence-corrected chi connectivity index (χ4v) is 5.01. The number of fused-ring (bicyclic) bond motifs is 1. The summed E-state index contributed by atoms with van der Waals surface area (Å²) >= 11 is 6.16. The van der Waals surface area contributed by atoms with E-state index in [1.54, 1.807) is 0 Å². The van der Waals surface area contributed by atoms with Gasteiger partial charge in [0, 0.05) is 27.9 Å². The molecule has 0 spiro atoms. The molecule has 3 N–H and O–H groups in total. The number of urea groups is 1. The molecule has 0 saturated carbocycles. The van der Waals surface area contributed by atoms with Gasteiger partial charge in [0.05, 0.1) is 0 Å². The van der Waals surface area contributed by atoms with Crippen molar-refractivity contribution in [1.29, 1.82) is 0 Å². The number of anilines is 2. The van der Waals surface area contributed by atoms with E-state index in [9.17, 15) is 14.4 Å². The summed E-state index contributed by atoms with van der Waals surface area (Å²) in [5.41, 5.74) is 3.79. The van der Waals surface area contributed by atoms with Crippen LogP contribution < -0.4 is 20.9 Å². The molecule has 8 heteroatoms. The summed E-state index contributed by atoms with van der Waals surface area (Å²) in [6, 6.07) is 21.3. The van der Waals surface area contributed by atoms with Gasteiger partial charge in [0.2, 0.25) is 11.8 Å². The molecule has 0 radical (unpaired) electrons. The minimum atomic E-state index is -0.880. The van der Waals surface area contributed by atoms with Crippen LogP contribution >= 0.6 is 11.6 Å². The number of halogens is 1. The Bertz CT molecular complexity index is 1350. The van der Waals surface area contributed by atoms with Crippen LogP contribution in [0.15, 0.2) is 72.8 Å². The van der Waals surface area contributed by atoms with Crippen LogP contribution in [-0.2, 0) is 16.0 Å². The molecule has 4 amide bonds. The molecule has 3 aromatic rings. The van der Waals surface area contributed by atoms with Gasteiger partial charge in [-0.15, -0.1) is 0 Å². The highest BCUT2D eigenvalue weighted by atomic mass is 35.5. The first-order chi connectivity index (χ1) is 18.5. The first kappa shape index (κ1) is 28.2. The van der Waals surface area contributed by atoms with E-state index in [-0.39, 0.29) is 24.3 Å². The number of carbonyl (C=O) groups excluding carboxylic acids is 3. The van der Waals surface area contributed by atoms with Gasteiger partial charge in [0.15, 0.2) is 0 Å². The Balaban J connectivity index is 1.69. The Morgan fingerprint density at radius 2 is 1.72 bits per heavy atom. The third kappa shape index (κ3) is 7.18. The number of carbonyl (C=O) groups is 3. The molecular weight excluding hydrogens is 512 g/mol. The number of hydrogen-bond donors (Lipinski definition) is 3. The molecule has 0 fully saturated rings. The van der Waals surface area contributed by atoms with Gasteiger partial charge < -0.3 is 20.9 Å². The zero-order valence-electron chi connectivity index (χ0n) is 22.8. The standard InChI is InChI=1S/C31H35ClN4O3/c1-5-20-9-8-10-23(17-20)33-30(39)34-26-18-25(21-13-15-22(32)16-14-21)24-11-6-7-12-27(24)36(29(26)38)19-28(37)35-31(2,3)4/h6-17,25-26H,5,18-19H2,1-4H3,(H,35,37)(H2,33,34,39). The minimum Gasteiger partial charge on any atom is -0.350 e. The van der Waals surface area contributed by atoms with Gasteiger partial charge in [0.25, 0.3) is 0 Å². The van der Waals surface area contributed by atoms with Crippen LogP contribution in [0.1, 0.15) is 56.7 Å². The number of nitrogens with one attached hydrogen (secondary N) is 3. The number of aryl methyl sites for hydroxylation is 1. The fourth-order valence-electron chi connectivity index (χ4n) is 4.89. The van der Waals surface area contributed by atoms with E-state index in [0.717, 1.165) is 23.1 Å². The van der Waals surface area contributed by atoms with Gasteiger partial charge in [0.1, 0.15) is 12.6 Å². The number of para-hydroxylation sites is 1. The Morgan fingerprint density at radius 3 is 2.41 bits per heavy atom. The molecule has 4 rings (SSSR count). The number of nitrogens with zero attached hydrogens (tertiary/aromatic N) is 1. The van der Waals surface area contributed by atoms with Crippen LogP contribution in [-0.4, -0.2) is 36.0 Å². The van der Waals surface area contributed by atoms with Crippen LogP contribution in [0.25, 0.3) is 0 Å². The minimum absolute atomic E-state index is 0.168. The molecule has 204 valence electrons. The lowest BCUT2D eigenvalue weighted by Crippen LogP contribution is -2.53. The van der Waals surface area contributed by atoms with Gasteiger partial charge in [-0.2, -0.15) is 0 Å². The molecule has 2 unspecified atom stereocenters. The van der Waals surface area contributed by atoms with E-state index in [1.165, 1.54) is 4.90 Å². The van der Waals surface area contributed by atoms with Crippen molar-refractivity contribution in [3.63, 3.8) is 0 Å². The zero-order chi connectivity index (χ0) is 28.2. The fraction of sp³-hybridized carbons (Fsp3) is 0.323. The second-order valence-corrected chi connectivity index (χ2v) is 11.3. The lowest BCUT2D eigenvalue weighted by atomic mass is 9.86. The lowest BCUT2D eigenvalue weighted by molar-refractivity contribution is -0.125. The molecule has 1 aliphatic heterocycles. The normalized spacial score (nSPS) is 17.2.